The monoisotopic (exact) mass is 291 g/mol. The Hall–Kier alpha value is -2.04. The summed E-state index contributed by atoms with van der Waals surface area (Å²) in [5, 5.41) is 9.07. The van der Waals surface area contributed by atoms with E-state index in [1.54, 1.807) is 23.1 Å². The van der Waals surface area contributed by atoms with E-state index in [0.717, 1.165) is 6.54 Å². The molecule has 5 nitrogen and oxygen atoms in total. The van der Waals surface area contributed by atoms with E-state index >= 15 is 0 Å². The minimum atomic E-state index is -1.01. The van der Waals surface area contributed by atoms with Crippen LogP contribution in [0.2, 0.25) is 0 Å². The summed E-state index contributed by atoms with van der Waals surface area (Å²) in [4.78, 5) is 24.7. The minimum Gasteiger partial charge on any atom is -0.491 e. The summed E-state index contributed by atoms with van der Waals surface area (Å²) >= 11 is 0. The quantitative estimate of drug-likeness (QED) is 0.873. The van der Waals surface area contributed by atoms with Crippen molar-refractivity contribution in [2.75, 3.05) is 19.7 Å². The summed E-state index contributed by atoms with van der Waals surface area (Å²) < 4.78 is 5.53. The maximum atomic E-state index is 11.9. The van der Waals surface area contributed by atoms with E-state index in [9.17, 15) is 9.59 Å². The van der Waals surface area contributed by atoms with Crippen molar-refractivity contribution in [1.82, 2.24) is 4.90 Å². The standard InChI is InChI=1S/C16H21NO4/c1-11(2)12-9-15(18)17(10-12)7-8-21-14-6-4-3-5-13(14)16(19)20/h3-6,11-12H,7-10H2,1-2H3,(H,19,20). The predicted molar refractivity (Wildman–Crippen MR) is 78.4 cm³/mol. The smallest absolute Gasteiger partial charge is 0.339 e. The highest BCUT2D eigenvalue weighted by molar-refractivity contribution is 5.90. The number of benzene rings is 1. The lowest BCUT2D eigenvalue weighted by molar-refractivity contribution is -0.128. The lowest BCUT2D eigenvalue weighted by Gasteiger charge is -2.18. The predicted octanol–water partition coefficient (Wildman–Crippen LogP) is 2.27. The molecule has 1 N–H and O–H groups in total. The molecule has 1 aliphatic rings. The summed E-state index contributed by atoms with van der Waals surface area (Å²) in [7, 11) is 0. The van der Waals surface area contributed by atoms with E-state index in [1.807, 2.05) is 0 Å². The summed E-state index contributed by atoms with van der Waals surface area (Å²) in [5.41, 5.74) is 0.144. The Morgan fingerprint density at radius 3 is 2.76 bits per heavy atom. The van der Waals surface area contributed by atoms with Gasteiger partial charge in [-0.1, -0.05) is 26.0 Å². The molecule has 5 heteroatoms. The molecule has 0 aromatic heterocycles. The van der Waals surface area contributed by atoms with Gasteiger partial charge in [-0.25, -0.2) is 4.79 Å². The van der Waals surface area contributed by atoms with E-state index in [0.29, 0.717) is 37.2 Å². The molecule has 0 spiro atoms. The number of amides is 1. The topological polar surface area (TPSA) is 66.8 Å². The largest absolute Gasteiger partial charge is 0.491 e. The van der Waals surface area contributed by atoms with Gasteiger partial charge in [0.25, 0.3) is 0 Å². The molecule has 0 aliphatic carbocycles. The fourth-order valence-electron chi connectivity index (χ4n) is 2.50. The van der Waals surface area contributed by atoms with Gasteiger partial charge in [0.15, 0.2) is 0 Å². The average Bonchev–Trinajstić information content (AvgIpc) is 2.81. The summed E-state index contributed by atoms with van der Waals surface area (Å²) in [6.45, 7) is 5.82. The van der Waals surface area contributed by atoms with Crippen LogP contribution in [-0.2, 0) is 4.79 Å². The molecule has 0 radical (unpaired) electrons. The second-order valence-electron chi connectivity index (χ2n) is 5.70. The van der Waals surface area contributed by atoms with Gasteiger partial charge in [-0.3, -0.25) is 4.79 Å². The Labute approximate surface area is 124 Å². The van der Waals surface area contributed by atoms with Crippen LogP contribution in [0.5, 0.6) is 5.75 Å². The van der Waals surface area contributed by atoms with E-state index in [1.165, 1.54) is 6.07 Å². The number of para-hydroxylation sites is 1. The molecular formula is C16H21NO4. The molecule has 1 aromatic carbocycles. The Bertz CT molecular complexity index is 527. The van der Waals surface area contributed by atoms with E-state index in [-0.39, 0.29) is 11.5 Å². The number of carbonyl (C=O) groups is 2. The van der Waals surface area contributed by atoms with Crippen molar-refractivity contribution in [2.45, 2.75) is 20.3 Å². The van der Waals surface area contributed by atoms with Crippen LogP contribution < -0.4 is 4.74 Å². The molecular weight excluding hydrogens is 270 g/mol. The van der Waals surface area contributed by atoms with Gasteiger partial charge in [0, 0.05) is 13.0 Å². The molecule has 1 heterocycles. The number of carboxylic acid groups (broad SMARTS) is 1. The van der Waals surface area contributed by atoms with Crippen LogP contribution >= 0.6 is 0 Å². The number of ether oxygens (including phenoxy) is 1. The van der Waals surface area contributed by atoms with Crippen LogP contribution in [0.15, 0.2) is 24.3 Å². The van der Waals surface area contributed by atoms with Crippen LogP contribution in [0.1, 0.15) is 30.6 Å². The van der Waals surface area contributed by atoms with Crippen molar-refractivity contribution in [3.8, 4) is 5.75 Å². The molecule has 1 saturated heterocycles. The SMILES string of the molecule is CC(C)C1CC(=O)N(CCOc2ccccc2C(=O)O)C1. The lowest BCUT2D eigenvalue weighted by atomic mass is 9.95. The number of carbonyl (C=O) groups excluding carboxylic acids is 1. The number of rotatable bonds is 6. The van der Waals surface area contributed by atoms with Gasteiger partial charge in [-0.15, -0.1) is 0 Å². The molecule has 0 saturated carbocycles. The third-order valence-electron chi connectivity index (χ3n) is 3.92. The second-order valence-corrected chi connectivity index (χ2v) is 5.70. The van der Waals surface area contributed by atoms with Crippen LogP contribution in [0, 0.1) is 11.8 Å². The van der Waals surface area contributed by atoms with Gasteiger partial charge in [-0.05, 0) is 24.0 Å². The maximum Gasteiger partial charge on any atom is 0.339 e. The highest BCUT2D eigenvalue weighted by Crippen LogP contribution is 2.24. The Balaban J connectivity index is 1.88. The fourth-order valence-corrected chi connectivity index (χ4v) is 2.50. The van der Waals surface area contributed by atoms with Crippen molar-refractivity contribution in [1.29, 1.82) is 0 Å². The molecule has 1 fully saturated rings. The highest BCUT2D eigenvalue weighted by Gasteiger charge is 2.31. The van der Waals surface area contributed by atoms with Gasteiger partial charge in [0.05, 0.1) is 6.54 Å². The van der Waals surface area contributed by atoms with Gasteiger partial charge in [0.1, 0.15) is 17.9 Å². The van der Waals surface area contributed by atoms with Crippen LogP contribution in [0.4, 0.5) is 0 Å². The summed E-state index contributed by atoms with van der Waals surface area (Å²) in [6, 6.07) is 6.53. The van der Waals surface area contributed by atoms with Crippen molar-refractivity contribution >= 4 is 11.9 Å². The average molecular weight is 291 g/mol. The number of carboxylic acids is 1. The minimum absolute atomic E-state index is 0.144. The van der Waals surface area contributed by atoms with Crippen LogP contribution in [0.25, 0.3) is 0 Å². The Morgan fingerprint density at radius 2 is 2.14 bits per heavy atom. The third-order valence-corrected chi connectivity index (χ3v) is 3.92. The van der Waals surface area contributed by atoms with E-state index < -0.39 is 5.97 Å². The normalized spacial score (nSPS) is 18.3. The van der Waals surface area contributed by atoms with Crippen LogP contribution in [-0.4, -0.2) is 41.6 Å². The first-order chi connectivity index (χ1) is 9.99. The zero-order valence-electron chi connectivity index (χ0n) is 12.4. The number of hydrogen-bond donors (Lipinski definition) is 1. The van der Waals surface area contributed by atoms with Crippen LogP contribution in [0.3, 0.4) is 0 Å². The molecule has 1 amide bonds. The maximum absolute atomic E-state index is 11.9. The molecule has 21 heavy (non-hydrogen) atoms. The Morgan fingerprint density at radius 1 is 1.43 bits per heavy atom. The first-order valence-corrected chi connectivity index (χ1v) is 7.22. The molecule has 1 aromatic rings. The lowest BCUT2D eigenvalue weighted by Crippen LogP contribution is -2.30. The highest BCUT2D eigenvalue weighted by atomic mass is 16.5. The van der Waals surface area contributed by atoms with E-state index in [2.05, 4.69) is 13.8 Å². The van der Waals surface area contributed by atoms with Gasteiger partial charge < -0.3 is 14.7 Å². The number of hydrogen-bond acceptors (Lipinski definition) is 3. The van der Waals surface area contributed by atoms with Gasteiger partial charge in [-0.2, -0.15) is 0 Å². The molecule has 1 aliphatic heterocycles. The molecule has 1 unspecified atom stereocenters. The number of aromatic carboxylic acids is 1. The molecule has 0 bridgehead atoms. The number of nitrogens with zero attached hydrogens (tertiary/aromatic N) is 1. The first-order valence-electron chi connectivity index (χ1n) is 7.22. The third kappa shape index (κ3) is 3.74. The first kappa shape index (κ1) is 15.4. The van der Waals surface area contributed by atoms with Gasteiger partial charge >= 0.3 is 5.97 Å². The number of likely N-dealkylation sites (tertiary alicyclic amines) is 1. The molecule has 1 atom stereocenters. The van der Waals surface area contributed by atoms with Crippen molar-refractivity contribution in [3.63, 3.8) is 0 Å². The zero-order chi connectivity index (χ0) is 15.4. The zero-order valence-corrected chi connectivity index (χ0v) is 12.4. The van der Waals surface area contributed by atoms with Gasteiger partial charge in [0.2, 0.25) is 5.91 Å². The summed E-state index contributed by atoms with van der Waals surface area (Å²) in [5.74, 6) is 0.389. The fraction of sp³-hybridized carbons (Fsp3) is 0.500. The van der Waals surface area contributed by atoms with E-state index in [4.69, 9.17) is 9.84 Å². The van der Waals surface area contributed by atoms with Crippen molar-refractivity contribution in [3.05, 3.63) is 29.8 Å². The summed E-state index contributed by atoms with van der Waals surface area (Å²) in [6.07, 6.45) is 0.601. The molecule has 114 valence electrons. The van der Waals surface area contributed by atoms with Crippen molar-refractivity contribution < 1.29 is 19.4 Å². The molecule has 2 rings (SSSR count). The second kappa shape index (κ2) is 6.61. The Kier molecular flexibility index (Phi) is 4.83. The van der Waals surface area contributed by atoms with Crippen molar-refractivity contribution in [2.24, 2.45) is 11.8 Å².